The van der Waals surface area contributed by atoms with Crippen molar-refractivity contribution in [1.29, 1.82) is 0 Å². The van der Waals surface area contributed by atoms with E-state index in [1.165, 1.54) is 36.1 Å². The van der Waals surface area contributed by atoms with Gasteiger partial charge in [0, 0.05) is 24.3 Å². The van der Waals surface area contributed by atoms with Gasteiger partial charge in [-0.05, 0) is 55.4 Å². The van der Waals surface area contributed by atoms with Crippen molar-refractivity contribution < 1.29 is 0 Å². The van der Waals surface area contributed by atoms with E-state index in [1.807, 2.05) is 0 Å². The Bertz CT molecular complexity index is 613. The number of hydrogen-bond donors (Lipinski definition) is 1. The van der Waals surface area contributed by atoms with Gasteiger partial charge in [-0.15, -0.1) is 0 Å². The van der Waals surface area contributed by atoms with Gasteiger partial charge in [-0.3, -0.25) is 0 Å². The summed E-state index contributed by atoms with van der Waals surface area (Å²) in [4.78, 5) is 2.62. The lowest BCUT2D eigenvalue weighted by Crippen LogP contribution is -2.37. The lowest BCUT2D eigenvalue weighted by atomic mass is 10.0. The number of para-hydroxylation sites is 1. The van der Waals surface area contributed by atoms with Gasteiger partial charge >= 0.3 is 0 Å². The molecule has 3 rings (SSSR count). The Kier molecular flexibility index (Phi) is 6.52. The summed E-state index contributed by atoms with van der Waals surface area (Å²) in [6, 6.07) is 20.8. The zero-order valence-electron chi connectivity index (χ0n) is 15.5. The molecular formula is C23H32N2. The van der Waals surface area contributed by atoms with E-state index in [-0.39, 0.29) is 0 Å². The third-order valence-electron chi connectivity index (χ3n) is 5.46. The van der Waals surface area contributed by atoms with Crippen LogP contribution in [0, 0.1) is 0 Å². The Hall–Kier alpha value is -1.80. The van der Waals surface area contributed by atoms with Crippen molar-refractivity contribution in [2.75, 3.05) is 11.4 Å². The molecule has 0 fully saturated rings. The number of unbranched alkanes of at least 4 members (excludes halogenated alkanes) is 1. The molecular weight excluding hydrogens is 304 g/mol. The normalized spacial score (nSPS) is 15.1. The Morgan fingerprint density at radius 2 is 1.52 bits per heavy atom. The first-order valence-electron chi connectivity index (χ1n) is 9.92. The maximum Gasteiger partial charge on any atom is 0.0370 e. The van der Waals surface area contributed by atoms with Crippen LogP contribution in [0.3, 0.4) is 0 Å². The molecule has 0 radical (unpaired) electrons. The summed E-state index contributed by atoms with van der Waals surface area (Å²) in [6.07, 6.45) is 8.28. The standard InChI is InChI=1S/C23H32N2/c1-2-3-12-21(24)13-9-16-25(22-14-5-4-6-15-22)23-17-19-10-7-8-11-20(19)18-23/h4-8,10-11,14-15,21,23H,2-3,9,12-13,16-18,24H2,1H3. The molecule has 0 saturated heterocycles. The van der Waals surface area contributed by atoms with Crippen LogP contribution in [0.2, 0.25) is 0 Å². The SMILES string of the molecule is CCCCC(N)CCCN(c1ccccc1)C1Cc2ccccc2C1. The Morgan fingerprint density at radius 3 is 2.16 bits per heavy atom. The third-order valence-corrected chi connectivity index (χ3v) is 5.46. The molecule has 25 heavy (non-hydrogen) atoms. The smallest absolute Gasteiger partial charge is 0.0370 e. The van der Waals surface area contributed by atoms with Gasteiger partial charge in [0.15, 0.2) is 0 Å². The van der Waals surface area contributed by atoms with E-state index in [0.717, 1.165) is 32.2 Å². The summed E-state index contributed by atoms with van der Waals surface area (Å²) in [5.41, 5.74) is 10.7. The van der Waals surface area contributed by atoms with E-state index in [2.05, 4.69) is 66.4 Å². The lowest BCUT2D eigenvalue weighted by molar-refractivity contribution is 0.507. The van der Waals surface area contributed by atoms with Gasteiger partial charge in [0.1, 0.15) is 0 Å². The number of anilines is 1. The number of benzene rings is 2. The van der Waals surface area contributed by atoms with Crippen LogP contribution >= 0.6 is 0 Å². The molecule has 134 valence electrons. The minimum Gasteiger partial charge on any atom is -0.368 e. The predicted octanol–water partition coefficient (Wildman–Crippen LogP) is 4.96. The molecule has 0 aromatic heterocycles. The number of nitrogens with zero attached hydrogens (tertiary/aromatic N) is 1. The van der Waals surface area contributed by atoms with Crippen molar-refractivity contribution in [3.8, 4) is 0 Å². The first-order chi connectivity index (χ1) is 12.3. The number of rotatable bonds is 9. The molecule has 2 heteroatoms. The molecule has 2 aromatic rings. The van der Waals surface area contributed by atoms with Gasteiger partial charge in [-0.25, -0.2) is 0 Å². The molecule has 0 amide bonds. The lowest BCUT2D eigenvalue weighted by Gasteiger charge is -2.31. The van der Waals surface area contributed by atoms with Crippen LogP contribution in [0.5, 0.6) is 0 Å². The van der Waals surface area contributed by atoms with Gasteiger partial charge in [-0.1, -0.05) is 62.2 Å². The molecule has 1 aliphatic rings. The second kappa shape index (κ2) is 9.05. The average Bonchev–Trinajstić information content (AvgIpc) is 3.08. The summed E-state index contributed by atoms with van der Waals surface area (Å²) < 4.78 is 0. The Balaban J connectivity index is 1.63. The molecule has 0 heterocycles. The minimum atomic E-state index is 0.360. The van der Waals surface area contributed by atoms with Crippen molar-refractivity contribution >= 4 is 5.69 Å². The molecule has 1 unspecified atom stereocenters. The number of fused-ring (bicyclic) bond motifs is 1. The van der Waals surface area contributed by atoms with Crippen LogP contribution in [-0.2, 0) is 12.8 Å². The van der Waals surface area contributed by atoms with Crippen LogP contribution in [0.25, 0.3) is 0 Å². The maximum atomic E-state index is 6.29. The fourth-order valence-electron chi connectivity index (χ4n) is 4.03. The average molecular weight is 337 g/mol. The van der Waals surface area contributed by atoms with Crippen LogP contribution < -0.4 is 10.6 Å². The van der Waals surface area contributed by atoms with Crippen LogP contribution in [0.4, 0.5) is 5.69 Å². The van der Waals surface area contributed by atoms with E-state index in [9.17, 15) is 0 Å². The van der Waals surface area contributed by atoms with Gasteiger partial charge < -0.3 is 10.6 Å². The maximum absolute atomic E-state index is 6.29. The zero-order chi connectivity index (χ0) is 17.5. The van der Waals surface area contributed by atoms with Crippen LogP contribution in [0.1, 0.15) is 50.2 Å². The molecule has 2 aromatic carbocycles. The zero-order valence-corrected chi connectivity index (χ0v) is 15.5. The van der Waals surface area contributed by atoms with Crippen LogP contribution in [0.15, 0.2) is 54.6 Å². The van der Waals surface area contributed by atoms with E-state index in [1.54, 1.807) is 0 Å². The van der Waals surface area contributed by atoms with Crippen molar-refractivity contribution in [1.82, 2.24) is 0 Å². The highest BCUT2D eigenvalue weighted by Gasteiger charge is 2.26. The fourth-order valence-corrected chi connectivity index (χ4v) is 4.03. The van der Waals surface area contributed by atoms with E-state index < -0.39 is 0 Å². The highest BCUT2D eigenvalue weighted by molar-refractivity contribution is 5.49. The monoisotopic (exact) mass is 336 g/mol. The highest BCUT2D eigenvalue weighted by atomic mass is 15.2. The largest absolute Gasteiger partial charge is 0.368 e. The van der Waals surface area contributed by atoms with Crippen molar-refractivity contribution in [3.05, 3.63) is 65.7 Å². The van der Waals surface area contributed by atoms with Crippen LogP contribution in [-0.4, -0.2) is 18.6 Å². The summed E-state index contributed by atoms with van der Waals surface area (Å²) >= 11 is 0. The summed E-state index contributed by atoms with van der Waals surface area (Å²) in [5.74, 6) is 0. The van der Waals surface area contributed by atoms with Crippen molar-refractivity contribution in [2.24, 2.45) is 5.73 Å². The molecule has 1 atom stereocenters. The highest BCUT2D eigenvalue weighted by Crippen LogP contribution is 2.29. The van der Waals surface area contributed by atoms with E-state index in [4.69, 9.17) is 5.73 Å². The number of hydrogen-bond acceptors (Lipinski definition) is 2. The molecule has 1 aliphatic carbocycles. The molecule has 2 nitrogen and oxygen atoms in total. The quantitative estimate of drug-likeness (QED) is 0.701. The van der Waals surface area contributed by atoms with E-state index >= 15 is 0 Å². The summed E-state index contributed by atoms with van der Waals surface area (Å²) in [5, 5.41) is 0. The first kappa shape index (κ1) is 18.0. The van der Waals surface area contributed by atoms with E-state index in [0.29, 0.717) is 12.1 Å². The second-order valence-electron chi connectivity index (χ2n) is 7.40. The molecule has 0 aliphatic heterocycles. The Labute approximate surface area is 153 Å². The van der Waals surface area contributed by atoms with Gasteiger partial charge in [0.25, 0.3) is 0 Å². The van der Waals surface area contributed by atoms with Crippen molar-refractivity contribution in [3.63, 3.8) is 0 Å². The first-order valence-corrected chi connectivity index (χ1v) is 9.92. The topological polar surface area (TPSA) is 29.3 Å². The van der Waals surface area contributed by atoms with Gasteiger partial charge in [0.2, 0.25) is 0 Å². The number of nitrogens with two attached hydrogens (primary N) is 1. The molecule has 0 saturated carbocycles. The predicted molar refractivity (Wildman–Crippen MR) is 108 cm³/mol. The molecule has 2 N–H and O–H groups in total. The third kappa shape index (κ3) is 4.85. The summed E-state index contributed by atoms with van der Waals surface area (Å²) in [7, 11) is 0. The van der Waals surface area contributed by atoms with Crippen molar-refractivity contribution in [2.45, 2.75) is 64.0 Å². The van der Waals surface area contributed by atoms with Gasteiger partial charge in [0.05, 0.1) is 0 Å². The molecule has 0 spiro atoms. The molecule has 0 bridgehead atoms. The second-order valence-corrected chi connectivity index (χ2v) is 7.40. The van der Waals surface area contributed by atoms with Gasteiger partial charge in [-0.2, -0.15) is 0 Å². The fraction of sp³-hybridized carbons (Fsp3) is 0.478. The minimum absolute atomic E-state index is 0.360. The summed E-state index contributed by atoms with van der Waals surface area (Å²) in [6.45, 7) is 3.34. The Morgan fingerprint density at radius 1 is 0.920 bits per heavy atom.